The Balaban J connectivity index is 1.74. The fourth-order valence-corrected chi connectivity index (χ4v) is 3.59. The molecule has 0 aromatic heterocycles. The summed E-state index contributed by atoms with van der Waals surface area (Å²) in [5.74, 6) is 0.896. The van der Waals surface area contributed by atoms with E-state index in [1.807, 2.05) is 0 Å². The predicted molar refractivity (Wildman–Crippen MR) is 76.7 cm³/mol. The molecule has 1 N–H and O–H groups in total. The summed E-state index contributed by atoms with van der Waals surface area (Å²) in [4.78, 5) is 2.22. The SMILES string of the molecule is COc1ccc(F)c(CN2C[C@@H]3CCOC[C@]3(CO)C2)c1. The second kappa shape index (κ2) is 5.91. The van der Waals surface area contributed by atoms with Gasteiger partial charge in [-0.05, 0) is 30.5 Å². The number of methoxy groups -OCH3 is 1. The molecular weight excluding hydrogens is 273 g/mol. The van der Waals surface area contributed by atoms with Crippen LogP contribution in [0, 0.1) is 17.2 Å². The van der Waals surface area contributed by atoms with Crippen LogP contribution in [0.3, 0.4) is 0 Å². The Bertz CT molecular complexity index is 510. The lowest BCUT2D eigenvalue weighted by Gasteiger charge is -2.36. The Morgan fingerprint density at radius 1 is 1.52 bits per heavy atom. The number of aliphatic hydroxyl groups excluding tert-OH is 1. The highest BCUT2D eigenvalue weighted by Crippen LogP contribution is 2.41. The van der Waals surface area contributed by atoms with Crippen molar-refractivity contribution in [3.8, 4) is 5.75 Å². The molecule has 1 aromatic rings. The first-order valence-electron chi connectivity index (χ1n) is 7.40. The third-order valence-corrected chi connectivity index (χ3v) is 4.85. The quantitative estimate of drug-likeness (QED) is 0.917. The molecule has 2 aliphatic heterocycles. The molecule has 0 bridgehead atoms. The molecule has 0 unspecified atom stereocenters. The summed E-state index contributed by atoms with van der Waals surface area (Å²) in [5.41, 5.74) is 0.468. The molecular formula is C16H22FNO3. The minimum atomic E-state index is -0.208. The van der Waals surface area contributed by atoms with Crippen LogP contribution in [0.15, 0.2) is 18.2 Å². The number of ether oxygens (including phenoxy) is 2. The van der Waals surface area contributed by atoms with Gasteiger partial charge in [0.2, 0.25) is 0 Å². The summed E-state index contributed by atoms with van der Waals surface area (Å²) in [5, 5.41) is 9.77. The molecule has 5 heteroatoms. The highest BCUT2D eigenvalue weighted by molar-refractivity contribution is 5.30. The number of benzene rings is 1. The molecule has 0 radical (unpaired) electrons. The van der Waals surface area contributed by atoms with Gasteiger partial charge in [0, 0.05) is 37.2 Å². The van der Waals surface area contributed by atoms with Crippen molar-refractivity contribution in [1.29, 1.82) is 0 Å². The van der Waals surface area contributed by atoms with Crippen molar-refractivity contribution in [2.75, 3.05) is 40.0 Å². The lowest BCUT2D eigenvalue weighted by atomic mass is 9.76. The van der Waals surface area contributed by atoms with Gasteiger partial charge in [-0.1, -0.05) is 0 Å². The van der Waals surface area contributed by atoms with Gasteiger partial charge in [-0.2, -0.15) is 0 Å². The molecule has 3 rings (SSSR count). The van der Waals surface area contributed by atoms with E-state index in [4.69, 9.17) is 9.47 Å². The molecule has 2 heterocycles. The number of nitrogens with zero attached hydrogens (tertiary/aromatic N) is 1. The van der Waals surface area contributed by atoms with E-state index in [2.05, 4.69) is 4.90 Å². The van der Waals surface area contributed by atoms with E-state index in [1.54, 1.807) is 19.2 Å². The van der Waals surface area contributed by atoms with Crippen molar-refractivity contribution >= 4 is 0 Å². The standard InChI is InChI=1S/C16H22FNO3/c1-20-14-2-3-15(17)12(6-14)7-18-8-13-4-5-21-11-16(13,9-18)10-19/h2-3,6,13,19H,4-5,7-11H2,1H3/t13-,16+/m0/s1. The van der Waals surface area contributed by atoms with E-state index >= 15 is 0 Å². The highest BCUT2D eigenvalue weighted by atomic mass is 19.1. The van der Waals surface area contributed by atoms with Gasteiger partial charge in [-0.3, -0.25) is 4.90 Å². The molecule has 0 amide bonds. The zero-order valence-electron chi connectivity index (χ0n) is 12.3. The molecule has 2 aliphatic rings. The maximum absolute atomic E-state index is 14.0. The van der Waals surface area contributed by atoms with Gasteiger partial charge < -0.3 is 14.6 Å². The molecule has 116 valence electrons. The fourth-order valence-electron chi connectivity index (χ4n) is 3.59. The van der Waals surface area contributed by atoms with Gasteiger partial charge in [0.1, 0.15) is 11.6 Å². The smallest absolute Gasteiger partial charge is 0.127 e. The molecule has 21 heavy (non-hydrogen) atoms. The van der Waals surface area contributed by atoms with Crippen molar-refractivity contribution in [2.45, 2.75) is 13.0 Å². The molecule has 0 aliphatic carbocycles. The van der Waals surface area contributed by atoms with Crippen molar-refractivity contribution < 1.29 is 19.0 Å². The first kappa shape index (κ1) is 14.8. The van der Waals surface area contributed by atoms with Crippen LogP contribution in [0.25, 0.3) is 0 Å². The highest BCUT2D eigenvalue weighted by Gasteiger charge is 2.48. The number of hydrogen-bond acceptors (Lipinski definition) is 4. The maximum Gasteiger partial charge on any atom is 0.127 e. The predicted octanol–water partition coefficient (Wildman–Crippen LogP) is 1.67. The third-order valence-electron chi connectivity index (χ3n) is 4.85. The van der Waals surface area contributed by atoms with E-state index in [9.17, 15) is 9.50 Å². The maximum atomic E-state index is 14.0. The second-order valence-corrected chi connectivity index (χ2v) is 6.19. The van der Waals surface area contributed by atoms with E-state index in [-0.39, 0.29) is 17.8 Å². The van der Waals surface area contributed by atoms with Crippen LogP contribution in [0.2, 0.25) is 0 Å². The average Bonchev–Trinajstić information content (AvgIpc) is 2.88. The van der Waals surface area contributed by atoms with Crippen molar-refractivity contribution in [3.63, 3.8) is 0 Å². The van der Waals surface area contributed by atoms with Crippen LogP contribution >= 0.6 is 0 Å². The lowest BCUT2D eigenvalue weighted by Crippen LogP contribution is -2.42. The normalized spacial score (nSPS) is 29.4. The van der Waals surface area contributed by atoms with Gasteiger partial charge in [0.15, 0.2) is 0 Å². The van der Waals surface area contributed by atoms with Crippen LogP contribution < -0.4 is 4.74 Å². The summed E-state index contributed by atoms with van der Waals surface area (Å²) in [6, 6.07) is 4.83. The van der Waals surface area contributed by atoms with Crippen molar-refractivity contribution in [3.05, 3.63) is 29.6 Å². The number of likely N-dealkylation sites (tertiary alicyclic amines) is 1. The van der Waals surface area contributed by atoms with E-state index in [1.165, 1.54) is 6.07 Å². The number of aliphatic hydroxyl groups is 1. The van der Waals surface area contributed by atoms with Crippen LogP contribution in [0.1, 0.15) is 12.0 Å². The van der Waals surface area contributed by atoms with Gasteiger partial charge in [-0.15, -0.1) is 0 Å². The summed E-state index contributed by atoms with van der Waals surface area (Å²) >= 11 is 0. The van der Waals surface area contributed by atoms with Crippen molar-refractivity contribution in [1.82, 2.24) is 4.90 Å². The molecule has 2 fully saturated rings. The largest absolute Gasteiger partial charge is 0.497 e. The van der Waals surface area contributed by atoms with E-state index in [0.717, 1.165) is 26.1 Å². The minimum Gasteiger partial charge on any atom is -0.497 e. The van der Waals surface area contributed by atoms with Gasteiger partial charge in [0.25, 0.3) is 0 Å². The summed E-state index contributed by atoms with van der Waals surface area (Å²) in [6.45, 7) is 3.68. The van der Waals surface area contributed by atoms with E-state index < -0.39 is 0 Å². The Kier molecular flexibility index (Phi) is 4.15. The summed E-state index contributed by atoms with van der Waals surface area (Å²) in [6.07, 6.45) is 0.970. The average molecular weight is 295 g/mol. The topological polar surface area (TPSA) is 41.9 Å². The molecule has 0 saturated carbocycles. The minimum absolute atomic E-state index is 0.134. The van der Waals surface area contributed by atoms with Crippen LogP contribution in [0.5, 0.6) is 5.75 Å². The van der Waals surface area contributed by atoms with Crippen molar-refractivity contribution in [2.24, 2.45) is 11.3 Å². The zero-order chi connectivity index (χ0) is 14.9. The molecule has 2 saturated heterocycles. The fraction of sp³-hybridized carbons (Fsp3) is 0.625. The zero-order valence-corrected chi connectivity index (χ0v) is 12.3. The van der Waals surface area contributed by atoms with Crippen LogP contribution in [0.4, 0.5) is 4.39 Å². The Labute approximate surface area is 124 Å². The van der Waals surface area contributed by atoms with Crippen LogP contribution in [-0.2, 0) is 11.3 Å². The van der Waals surface area contributed by atoms with Gasteiger partial charge in [-0.25, -0.2) is 4.39 Å². The molecule has 0 spiro atoms. The first-order chi connectivity index (χ1) is 10.2. The summed E-state index contributed by atoms with van der Waals surface area (Å²) < 4.78 is 24.7. The molecule has 4 nitrogen and oxygen atoms in total. The number of fused-ring (bicyclic) bond motifs is 1. The van der Waals surface area contributed by atoms with E-state index in [0.29, 0.717) is 30.4 Å². The molecule has 1 aromatic carbocycles. The monoisotopic (exact) mass is 295 g/mol. The first-order valence-corrected chi connectivity index (χ1v) is 7.40. The number of hydrogen-bond donors (Lipinski definition) is 1. The second-order valence-electron chi connectivity index (χ2n) is 6.19. The lowest BCUT2D eigenvalue weighted by molar-refractivity contribution is -0.0561. The van der Waals surface area contributed by atoms with Gasteiger partial charge >= 0.3 is 0 Å². The molecule has 2 atom stereocenters. The Hall–Kier alpha value is -1.17. The summed E-state index contributed by atoms with van der Waals surface area (Å²) in [7, 11) is 1.58. The Morgan fingerprint density at radius 3 is 3.10 bits per heavy atom. The Morgan fingerprint density at radius 2 is 2.38 bits per heavy atom. The van der Waals surface area contributed by atoms with Gasteiger partial charge in [0.05, 0.1) is 20.3 Å². The number of rotatable bonds is 4. The third kappa shape index (κ3) is 2.78. The number of halogens is 1. The van der Waals surface area contributed by atoms with Crippen LogP contribution in [-0.4, -0.2) is 50.0 Å².